The second kappa shape index (κ2) is 28.4. The quantitative estimate of drug-likeness (QED) is 0.0186. The zero-order valence-corrected chi connectivity index (χ0v) is 51.5. The third-order valence-corrected chi connectivity index (χ3v) is 18.0. The van der Waals surface area contributed by atoms with Crippen molar-refractivity contribution in [3.63, 3.8) is 0 Å². The molecule has 87 heavy (non-hydrogen) atoms. The van der Waals surface area contributed by atoms with E-state index in [1.54, 1.807) is 30.7 Å². The maximum Gasteiger partial charge on any atom is 0.396 e. The van der Waals surface area contributed by atoms with Crippen LogP contribution in [0.15, 0.2) is 103 Å². The van der Waals surface area contributed by atoms with Crippen molar-refractivity contribution in [2.45, 2.75) is 161 Å². The summed E-state index contributed by atoms with van der Waals surface area (Å²) < 4.78 is 17.8. The van der Waals surface area contributed by atoms with Crippen LogP contribution in [0.4, 0.5) is 5.69 Å². The number of allylic oxidation sites excluding steroid dienone is 1. The molecule has 0 bridgehead atoms. The Morgan fingerprint density at radius 2 is 1.53 bits per heavy atom. The van der Waals surface area contributed by atoms with E-state index in [2.05, 4.69) is 26.3 Å². The number of para-hydroxylation sites is 1. The Balaban J connectivity index is 0.808. The molecule has 0 saturated carbocycles. The number of unbranched alkanes of at least 4 members (excludes halogenated alkanes) is 1. The van der Waals surface area contributed by atoms with Crippen LogP contribution in [-0.4, -0.2) is 121 Å². The van der Waals surface area contributed by atoms with Crippen molar-refractivity contribution < 1.29 is 62.6 Å². The van der Waals surface area contributed by atoms with Crippen molar-refractivity contribution in [2.75, 3.05) is 11.4 Å². The lowest BCUT2D eigenvalue weighted by Crippen LogP contribution is -2.57. The fourth-order valence-corrected chi connectivity index (χ4v) is 12.6. The number of likely N-dealkylation sites (tertiary alicyclic amines) is 1. The predicted molar refractivity (Wildman–Crippen MR) is 328 cm³/mol. The number of primary amides is 1. The Morgan fingerprint density at radius 1 is 0.862 bits per heavy atom. The number of thiazole rings is 1. The Morgan fingerprint density at radius 3 is 2.18 bits per heavy atom. The lowest BCUT2D eigenvalue weighted by molar-refractivity contribution is -0.144. The molecule has 23 heteroatoms. The van der Waals surface area contributed by atoms with Crippen LogP contribution in [0.3, 0.4) is 0 Å². The first-order valence-electron chi connectivity index (χ1n) is 29.2. The summed E-state index contributed by atoms with van der Waals surface area (Å²) in [6, 6.07) is 22.2. The number of nitrogens with two attached hydrogens (primary N) is 1. The number of aliphatic hydroxyl groups is 1. The monoisotopic (exact) mass is 1230 g/mol. The number of nitrogens with one attached hydrogen (secondary N) is 4. The smallest absolute Gasteiger partial charge is 0.391 e. The summed E-state index contributed by atoms with van der Waals surface area (Å²) in [6.45, 7) is 11.3. The summed E-state index contributed by atoms with van der Waals surface area (Å²) in [5.74, 6) is -3.20. The number of anilines is 1. The molecule has 0 radical (unpaired) electrons. The number of ether oxygens (including phenoxy) is 1. The van der Waals surface area contributed by atoms with Gasteiger partial charge in [0.15, 0.2) is 0 Å². The van der Waals surface area contributed by atoms with Gasteiger partial charge in [0.1, 0.15) is 24.2 Å². The molecule has 21 nitrogen and oxygen atoms in total. The largest absolute Gasteiger partial charge is 0.396 e. The average molecular weight is 1230 g/mol. The van der Waals surface area contributed by atoms with Crippen molar-refractivity contribution in [3.8, 4) is 10.4 Å². The van der Waals surface area contributed by atoms with Gasteiger partial charge in [-0.15, -0.1) is 11.3 Å². The molecule has 0 spiro atoms. The highest BCUT2D eigenvalue weighted by molar-refractivity contribution is 7.70. The highest BCUT2D eigenvalue weighted by Gasteiger charge is 2.46. The van der Waals surface area contributed by atoms with Gasteiger partial charge in [-0.25, -0.2) is 4.98 Å². The summed E-state index contributed by atoms with van der Waals surface area (Å²) in [7, 11) is -4.99. The second-order valence-electron chi connectivity index (χ2n) is 23.8. The van der Waals surface area contributed by atoms with Crippen LogP contribution in [0, 0.1) is 12.3 Å². The molecule has 8 rings (SSSR count). The van der Waals surface area contributed by atoms with Crippen LogP contribution < -0.4 is 31.9 Å². The molecule has 3 aliphatic heterocycles. The number of aryl methyl sites for hydroxylation is 3. The Labute approximate surface area is 510 Å². The van der Waals surface area contributed by atoms with E-state index >= 15 is 0 Å². The number of hydrogen-bond donors (Lipinski definition) is 8. The third kappa shape index (κ3) is 16.7. The van der Waals surface area contributed by atoms with Crippen LogP contribution in [-0.2, 0) is 75.3 Å². The molecule has 1 saturated heterocycles. The fourth-order valence-electron chi connectivity index (χ4n) is 11.3. The van der Waals surface area contributed by atoms with Gasteiger partial charge in [-0.05, 0) is 109 Å². The predicted octanol–water partition coefficient (Wildman–Crippen LogP) is 6.11. The number of aromatic nitrogens is 1. The van der Waals surface area contributed by atoms with Crippen LogP contribution in [0.25, 0.3) is 16.0 Å². The molecule has 0 unspecified atom stereocenters. The number of amides is 7. The van der Waals surface area contributed by atoms with E-state index in [0.717, 1.165) is 44.0 Å². The maximum absolute atomic E-state index is 14.5. The SMILES string of the molecule is C/C(=C\C(=O)N[C@H]1CCc2cccc3c2N(C1=O)[C@H](C(=O)N[C@@H](CCC(N)=O)[C@@H](C)OCc1ccc(CCCCC(=O)N[C@H](C(=O)N2C[C@H](O)C[C@H]2C(=O)NCc2ccc(-c4scnc4C)cc2)C(C)(C)C)cc1)C3)c1ccc(C(=O)P(=O)(O)O)cc1. The molecule has 4 aromatic carbocycles. The van der Waals surface area contributed by atoms with Gasteiger partial charge in [0.2, 0.25) is 41.4 Å². The number of carbonyl (C=O) groups excluding carboxylic acids is 8. The van der Waals surface area contributed by atoms with Crippen molar-refractivity contribution in [1.29, 1.82) is 0 Å². The fraction of sp³-hybridized carbons (Fsp3) is 0.422. The topological polar surface area (TPSA) is 317 Å². The number of carbonyl (C=O) groups is 8. The molecule has 7 amide bonds. The van der Waals surface area contributed by atoms with E-state index in [4.69, 9.17) is 10.5 Å². The third-order valence-electron chi connectivity index (χ3n) is 16.2. The number of rotatable bonds is 25. The molecule has 5 aromatic rings. The second-order valence-corrected chi connectivity index (χ2v) is 26.2. The summed E-state index contributed by atoms with van der Waals surface area (Å²) in [5.41, 5.74) is 13.1. The summed E-state index contributed by atoms with van der Waals surface area (Å²) >= 11 is 1.56. The molecule has 0 aliphatic carbocycles. The van der Waals surface area contributed by atoms with E-state index in [-0.39, 0.29) is 75.6 Å². The van der Waals surface area contributed by atoms with E-state index in [0.29, 0.717) is 42.5 Å². The molecule has 1 aromatic heterocycles. The van der Waals surface area contributed by atoms with Gasteiger partial charge in [0.05, 0.1) is 46.6 Å². The van der Waals surface area contributed by atoms with Gasteiger partial charge in [-0.3, -0.25) is 47.8 Å². The van der Waals surface area contributed by atoms with Gasteiger partial charge in [-0.2, -0.15) is 0 Å². The zero-order chi connectivity index (χ0) is 62.9. The number of aliphatic hydroxyl groups excluding tert-OH is 1. The minimum Gasteiger partial charge on any atom is -0.391 e. The number of β-amino-alcohol motifs (C(OH)–C–C–N with tert-alkyl or cyclic N) is 1. The van der Waals surface area contributed by atoms with Crippen LogP contribution in [0.2, 0.25) is 0 Å². The van der Waals surface area contributed by atoms with E-state index in [9.17, 15) is 57.8 Å². The number of benzene rings is 4. The lowest BCUT2D eigenvalue weighted by Gasteiger charge is -2.35. The molecule has 462 valence electrons. The van der Waals surface area contributed by atoms with Crippen molar-refractivity contribution in [1.82, 2.24) is 31.2 Å². The first kappa shape index (κ1) is 65.3. The molecule has 9 N–H and O–H groups in total. The van der Waals surface area contributed by atoms with Crippen LogP contribution in [0.5, 0.6) is 0 Å². The van der Waals surface area contributed by atoms with E-state index in [1.165, 1.54) is 40.1 Å². The number of hydrogen-bond acceptors (Lipinski definition) is 13. The minimum atomic E-state index is -4.99. The molecular formula is C64H77N8O13PS. The van der Waals surface area contributed by atoms with Crippen molar-refractivity contribution >= 4 is 77.1 Å². The summed E-state index contributed by atoms with van der Waals surface area (Å²) in [4.78, 5) is 134. The van der Waals surface area contributed by atoms with Crippen molar-refractivity contribution in [3.05, 3.63) is 147 Å². The standard InChI is InChI=1S/C64H77N8O13PS/c1-37(43-22-24-46(25-23-43)63(81)86(82,83)84)30-55(76)68-50-27-26-44-11-9-12-47-31-52(72(56(44)47)61(50)79)60(78)69-49(28-29-53(65)74)39(3)85-35-42-16-14-40(15-17-42)10-7-8-13-54(75)70-58(64(4,5)6)62(80)71-34-48(73)32-51(71)59(77)66-33-41-18-20-45(21-19-41)57-38(2)67-36-87-57/h9,11-12,14-25,30,36,39,48-52,58,73H,7-8,10,13,26-29,31-35H2,1-6H3,(H2,65,74)(H,66,77)(H,68,76)(H,69,78)(H,70,75)(H2,82,83,84)/b37-30+/t39-,48-,49+,50+,51+,52+,58-/m1/s1. The van der Waals surface area contributed by atoms with Gasteiger partial charge in [-0.1, -0.05) is 112 Å². The summed E-state index contributed by atoms with van der Waals surface area (Å²) in [5, 5.41) is 22.4. The van der Waals surface area contributed by atoms with Gasteiger partial charge in [0.25, 0.3) is 5.52 Å². The highest BCUT2D eigenvalue weighted by atomic mass is 32.1. The first-order valence-corrected chi connectivity index (χ1v) is 31.7. The molecule has 7 atom stereocenters. The Kier molecular flexibility index (Phi) is 21.3. The van der Waals surface area contributed by atoms with Crippen LogP contribution in [0.1, 0.15) is 129 Å². The maximum atomic E-state index is 14.5. The zero-order valence-electron chi connectivity index (χ0n) is 49.7. The van der Waals surface area contributed by atoms with Crippen molar-refractivity contribution in [2.24, 2.45) is 11.1 Å². The molecule has 3 aliphatic rings. The minimum absolute atomic E-state index is 0.0274. The van der Waals surface area contributed by atoms with Gasteiger partial charge < -0.3 is 51.5 Å². The molecule has 4 heterocycles. The van der Waals surface area contributed by atoms with E-state index in [1.807, 2.05) is 94.4 Å². The summed E-state index contributed by atoms with van der Waals surface area (Å²) in [6.07, 6.45) is 2.94. The lowest BCUT2D eigenvalue weighted by atomic mass is 9.85. The van der Waals surface area contributed by atoms with E-state index < -0.39 is 90.5 Å². The van der Waals surface area contributed by atoms with Gasteiger partial charge in [0, 0.05) is 50.4 Å². The molecule has 1 fully saturated rings. The Hall–Kier alpha value is -7.72. The normalized spacial score (nSPS) is 18.7. The average Bonchev–Trinajstić information content (AvgIpc) is 1.85. The van der Waals surface area contributed by atoms with Crippen LogP contribution >= 0.6 is 18.9 Å². The number of nitrogens with zero attached hydrogens (tertiary/aromatic N) is 3. The Bertz CT molecular complexity index is 3450. The highest BCUT2D eigenvalue weighted by Crippen LogP contribution is 2.41. The first-order chi connectivity index (χ1) is 41.2. The molecular weight excluding hydrogens is 1150 g/mol. The van der Waals surface area contributed by atoms with Gasteiger partial charge >= 0.3 is 7.60 Å².